The van der Waals surface area contributed by atoms with Crippen molar-refractivity contribution in [1.82, 2.24) is 5.32 Å². The van der Waals surface area contributed by atoms with Crippen LogP contribution in [0.25, 0.3) is 0 Å². The molecule has 0 bridgehead atoms. The SMILES string of the molecule is CCNC(CC)CS(=O)(=O)c1cc(C)ccc1C. The minimum Gasteiger partial charge on any atom is -0.313 e. The molecule has 0 aromatic heterocycles. The van der Waals surface area contributed by atoms with Crippen LogP contribution in [0.1, 0.15) is 31.4 Å². The first-order chi connectivity index (χ1) is 8.40. The fraction of sp³-hybridized carbons (Fsp3) is 0.571. The van der Waals surface area contributed by atoms with Crippen LogP contribution < -0.4 is 5.32 Å². The van der Waals surface area contributed by atoms with E-state index in [4.69, 9.17) is 0 Å². The zero-order chi connectivity index (χ0) is 13.8. The van der Waals surface area contributed by atoms with Gasteiger partial charge in [0.25, 0.3) is 0 Å². The number of rotatable bonds is 6. The van der Waals surface area contributed by atoms with Gasteiger partial charge in [0, 0.05) is 6.04 Å². The Balaban J connectivity index is 3.02. The van der Waals surface area contributed by atoms with E-state index in [1.54, 1.807) is 6.07 Å². The van der Waals surface area contributed by atoms with Crippen molar-refractivity contribution in [2.24, 2.45) is 0 Å². The van der Waals surface area contributed by atoms with Gasteiger partial charge in [-0.2, -0.15) is 0 Å². The number of hydrogen-bond donors (Lipinski definition) is 1. The Bertz CT molecular complexity index is 495. The van der Waals surface area contributed by atoms with Crippen LogP contribution >= 0.6 is 0 Å². The van der Waals surface area contributed by atoms with Gasteiger partial charge in [0.2, 0.25) is 0 Å². The van der Waals surface area contributed by atoms with E-state index < -0.39 is 9.84 Å². The van der Waals surface area contributed by atoms with Crippen molar-refractivity contribution in [3.63, 3.8) is 0 Å². The van der Waals surface area contributed by atoms with Gasteiger partial charge in [-0.25, -0.2) is 8.42 Å². The highest BCUT2D eigenvalue weighted by atomic mass is 32.2. The highest BCUT2D eigenvalue weighted by molar-refractivity contribution is 7.91. The minimum atomic E-state index is -3.21. The topological polar surface area (TPSA) is 46.2 Å². The molecule has 0 aliphatic heterocycles. The summed E-state index contributed by atoms with van der Waals surface area (Å²) in [6, 6.07) is 5.61. The first-order valence-electron chi connectivity index (χ1n) is 6.44. The number of hydrogen-bond acceptors (Lipinski definition) is 3. The van der Waals surface area contributed by atoms with Crippen molar-refractivity contribution in [3.05, 3.63) is 29.3 Å². The second kappa shape index (κ2) is 6.34. The molecule has 3 nitrogen and oxygen atoms in total. The van der Waals surface area contributed by atoms with Crippen LogP contribution in [-0.4, -0.2) is 26.8 Å². The molecule has 4 heteroatoms. The van der Waals surface area contributed by atoms with Gasteiger partial charge in [-0.05, 0) is 44.0 Å². The second-order valence-electron chi connectivity index (χ2n) is 4.71. The lowest BCUT2D eigenvalue weighted by atomic mass is 10.2. The van der Waals surface area contributed by atoms with Gasteiger partial charge in [-0.15, -0.1) is 0 Å². The number of sulfone groups is 1. The Labute approximate surface area is 111 Å². The molecule has 1 atom stereocenters. The van der Waals surface area contributed by atoms with Gasteiger partial charge >= 0.3 is 0 Å². The third-order valence-corrected chi connectivity index (χ3v) is 5.04. The Hall–Kier alpha value is -0.870. The summed E-state index contributed by atoms with van der Waals surface area (Å²) in [7, 11) is -3.21. The largest absolute Gasteiger partial charge is 0.313 e. The lowest BCUT2D eigenvalue weighted by Crippen LogP contribution is -2.35. The second-order valence-corrected chi connectivity index (χ2v) is 6.72. The maximum atomic E-state index is 12.4. The fourth-order valence-electron chi connectivity index (χ4n) is 2.01. The molecular weight excluding hydrogens is 246 g/mol. The molecule has 102 valence electrons. The van der Waals surface area contributed by atoms with Crippen LogP contribution in [0.4, 0.5) is 0 Å². The van der Waals surface area contributed by atoms with Crippen molar-refractivity contribution in [1.29, 1.82) is 0 Å². The van der Waals surface area contributed by atoms with E-state index in [1.165, 1.54) is 0 Å². The standard InChI is InChI=1S/C14H23NO2S/c1-5-13(15-6-2)10-18(16,17)14-9-11(3)7-8-12(14)4/h7-9,13,15H,5-6,10H2,1-4H3. The first kappa shape index (κ1) is 15.2. The van der Waals surface area contributed by atoms with E-state index in [0.717, 1.165) is 24.1 Å². The molecule has 1 rings (SSSR count). The summed E-state index contributed by atoms with van der Waals surface area (Å²) >= 11 is 0. The fourth-order valence-corrected chi connectivity index (χ4v) is 3.99. The molecule has 0 aliphatic carbocycles. The van der Waals surface area contributed by atoms with E-state index in [0.29, 0.717) is 4.90 Å². The highest BCUT2D eigenvalue weighted by Crippen LogP contribution is 2.19. The van der Waals surface area contributed by atoms with Crippen LogP contribution in [0.5, 0.6) is 0 Å². The van der Waals surface area contributed by atoms with Crippen molar-refractivity contribution >= 4 is 9.84 Å². The molecule has 0 radical (unpaired) electrons. The van der Waals surface area contributed by atoms with Crippen LogP contribution in [0.15, 0.2) is 23.1 Å². The maximum Gasteiger partial charge on any atom is 0.180 e. The molecule has 1 aromatic rings. The lowest BCUT2D eigenvalue weighted by Gasteiger charge is -2.17. The van der Waals surface area contributed by atoms with E-state index in [-0.39, 0.29) is 11.8 Å². The summed E-state index contributed by atoms with van der Waals surface area (Å²) < 4.78 is 24.8. The van der Waals surface area contributed by atoms with Gasteiger partial charge < -0.3 is 5.32 Å². The minimum absolute atomic E-state index is 0.0277. The van der Waals surface area contributed by atoms with E-state index in [1.807, 2.05) is 39.8 Å². The van der Waals surface area contributed by atoms with Gasteiger partial charge in [0.15, 0.2) is 9.84 Å². The summed E-state index contributed by atoms with van der Waals surface area (Å²) in [5, 5.41) is 3.21. The molecule has 1 unspecified atom stereocenters. The van der Waals surface area contributed by atoms with Crippen LogP contribution in [-0.2, 0) is 9.84 Å². The summed E-state index contributed by atoms with van der Waals surface area (Å²) in [4.78, 5) is 0.471. The zero-order valence-corrected chi connectivity index (χ0v) is 12.5. The van der Waals surface area contributed by atoms with Gasteiger partial charge in [0.05, 0.1) is 10.6 Å². The Morgan fingerprint density at radius 1 is 1.22 bits per heavy atom. The molecule has 18 heavy (non-hydrogen) atoms. The normalized spacial score (nSPS) is 13.6. The molecule has 0 amide bonds. The summed E-state index contributed by atoms with van der Waals surface area (Å²) in [6.07, 6.45) is 0.817. The van der Waals surface area contributed by atoms with Crippen molar-refractivity contribution in [2.45, 2.75) is 45.1 Å². The molecule has 0 saturated carbocycles. The maximum absolute atomic E-state index is 12.4. The Kier molecular flexibility index (Phi) is 5.35. The molecule has 0 spiro atoms. The molecule has 1 aromatic carbocycles. The quantitative estimate of drug-likeness (QED) is 0.863. The third kappa shape index (κ3) is 3.82. The number of aryl methyl sites for hydroxylation is 2. The highest BCUT2D eigenvalue weighted by Gasteiger charge is 2.21. The van der Waals surface area contributed by atoms with Gasteiger partial charge in [0.1, 0.15) is 0 Å². The smallest absolute Gasteiger partial charge is 0.180 e. The van der Waals surface area contributed by atoms with Gasteiger partial charge in [-0.3, -0.25) is 0 Å². The third-order valence-electron chi connectivity index (χ3n) is 3.08. The molecule has 0 heterocycles. The van der Waals surface area contributed by atoms with E-state index in [9.17, 15) is 8.42 Å². The predicted octanol–water partition coefficient (Wildman–Crippen LogP) is 2.47. The van der Waals surface area contributed by atoms with Gasteiger partial charge in [-0.1, -0.05) is 26.0 Å². The average Bonchev–Trinajstić information content (AvgIpc) is 2.31. The average molecular weight is 269 g/mol. The van der Waals surface area contributed by atoms with Crippen LogP contribution in [0, 0.1) is 13.8 Å². The predicted molar refractivity (Wildman–Crippen MR) is 75.7 cm³/mol. The van der Waals surface area contributed by atoms with Crippen LogP contribution in [0.3, 0.4) is 0 Å². The number of nitrogens with one attached hydrogen (secondary N) is 1. The van der Waals surface area contributed by atoms with Crippen molar-refractivity contribution in [2.75, 3.05) is 12.3 Å². The monoisotopic (exact) mass is 269 g/mol. The molecule has 1 N–H and O–H groups in total. The Morgan fingerprint density at radius 2 is 1.89 bits per heavy atom. The first-order valence-corrected chi connectivity index (χ1v) is 8.09. The number of benzene rings is 1. The lowest BCUT2D eigenvalue weighted by molar-refractivity contribution is 0.533. The molecular formula is C14H23NO2S. The summed E-state index contributed by atoms with van der Waals surface area (Å²) in [6.45, 7) is 8.56. The zero-order valence-electron chi connectivity index (χ0n) is 11.7. The van der Waals surface area contributed by atoms with Crippen molar-refractivity contribution < 1.29 is 8.42 Å². The molecule has 0 fully saturated rings. The molecule has 0 saturated heterocycles. The summed E-state index contributed by atoms with van der Waals surface area (Å²) in [5.74, 6) is 0.168. The molecule has 0 aliphatic rings. The Morgan fingerprint density at radius 3 is 2.44 bits per heavy atom. The summed E-state index contributed by atoms with van der Waals surface area (Å²) in [5.41, 5.74) is 1.81. The van der Waals surface area contributed by atoms with E-state index >= 15 is 0 Å². The van der Waals surface area contributed by atoms with E-state index in [2.05, 4.69) is 5.32 Å². The van der Waals surface area contributed by atoms with Crippen LogP contribution in [0.2, 0.25) is 0 Å². The van der Waals surface area contributed by atoms with Crippen molar-refractivity contribution in [3.8, 4) is 0 Å².